The smallest absolute Gasteiger partial charge is 0.341 e. The van der Waals surface area contributed by atoms with Crippen molar-refractivity contribution in [3.63, 3.8) is 0 Å². The molecule has 1 heterocycles. The molecule has 1 aromatic carbocycles. The molecule has 0 amide bonds. The third-order valence-electron chi connectivity index (χ3n) is 2.94. The number of rotatable bonds is 5. The number of anilines is 1. The molecule has 0 aliphatic rings. The number of halogens is 2. The number of benzene rings is 1. The summed E-state index contributed by atoms with van der Waals surface area (Å²) in [5.41, 5.74) is 1.72. The van der Waals surface area contributed by atoms with Crippen molar-refractivity contribution in [3.8, 4) is 0 Å². The van der Waals surface area contributed by atoms with Crippen molar-refractivity contribution in [2.45, 2.75) is 17.2 Å². The van der Waals surface area contributed by atoms with E-state index in [4.69, 9.17) is 0 Å². The molecule has 1 aromatic heterocycles. The van der Waals surface area contributed by atoms with Crippen LogP contribution in [0.2, 0.25) is 0 Å². The molecule has 2 rings (SSSR count). The highest BCUT2D eigenvalue weighted by molar-refractivity contribution is 7.91. The standard InChI is InChI=1S/C13H14F2N2O2S/c1-17-8-2-3-11(17)9-16-10-4-6-12(7-5-10)20(18,19)13(14)15/h2-8,13,16H,9H2,1H3. The summed E-state index contributed by atoms with van der Waals surface area (Å²) in [6.07, 6.45) is 1.91. The summed E-state index contributed by atoms with van der Waals surface area (Å²) in [4.78, 5) is -0.378. The Morgan fingerprint density at radius 2 is 1.85 bits per heavy atom. The zero-order valence-electron chi connectivity index (χ0n) is 10.8. The van der Waals surface area contributed by atoms with E-state index in [-0.39, 0.29) is 4.90 Å². The maximum absolute atomic E-state index is 12.4. The van der Waals surface area contributed by atoms with Crippen molar-refractivity contribution >= 4 is 15.5 Å². The maximum Gasteiger partial charge on any atom is 0.341 e. The topological polar surface area (TPSA) is 51.1 Å². The molecule has 20 heavy (non-hydrogen) atoms. The summed E-state index contributed by atoms with van der Waals surface area (Å²) in [5, 5.41) is 3.09. The molecule has 0 atom stereocenters. The molecule has 0 radical (unpaired) electrons. The van der Waals surface area contributed by atoms with Crippen molar-refractivity contribution in [2.24, 2.45) is 7.05 Å². The van der Waals surface area contributed by atoms with E-state index in [1.165, 1.54) is 24.3 Å². The lowest BCUT2D eigenvalue weighted by Gasteiger charge is -2.08. The highest BCUT2D eigenvalue weighted by atomic mass is 32.2. The fourth-order valence-electron chi connectivity index (χ4n) is 1.74. The first-order chi connectivity index (χ1) is 9.41. The summed E-state index contributed by atoms with van der Waals surface area (Å²) < 4.78 is 49.2. The van der Waals surface area contributed by atoms with Gasteiger partial charge in [0.1, 0.15) is 0 Å². The Hall–Kier alpha value is -1.89. The summed E-state index contributed by atoms with van der Waals surface area (Å²) in [7, 11) is -2.61. The SMILES string of the molecule is Cn1cccc1CNc1ccc(S(=O)(=O)C(F)F)cc1. The molecular formula is C13H14F2N2O2S. The lowest BCUT2D eigenvalue weighted by molar-refractivity contribution is 0.234. The molecule has 0 unspecified atom stereocenters. The van der Waals surface area contributed by atoms with Crippen LogP contribution in [-0.4, -0.2) is 18.7 Å². The molecule has 1 N–H and O–H groups in total. The quantitative estimate of drug-likeness (QED) is 0.923. The van der Waals surface area contributed by atoms with Gasteiger partial charge in [0.05, 0.1) is 11.4 Å². The van der Waals surface area contributed by atoms with Gasteiger partial charge in [0, 0.05) is 24.6 Å². The van der Waals surface area contributed by atoms with Crippen molar-refractivity contribution in [1.82, 2.24) is 4.57 Å². The number of hydrogen-bond acceptors (Lipinski definition) is 3. The minimum atomic E-state index is -4.52. The largest absolute Gasteiger partial charge is 0.379 e. The summed E-state index contributed by atoms with van der Waals surface area (Å²) in [6, 6.07) is 9.15. The molecule has 0 aliphatic carbocycles. The molecule has 2 aromatic rings. The molecule has 0 saturated carbocycles. The van der Waals surface area contributed by atoms with Gasteiger partial charge in [0.2, 0.25) is 9.84 Å². The van der Waals surface area contributed by atoms with Gasteiger partial charge >= 0.3 is 5.76 Å². The van der Waals surface area contributed by atoms with E-state index in [0.717, 1.165) is 5.69 Å². The zero-order chi connectivity index (χ0) is 14.8. The van der Waals surface area contributed by atoms with Crippen molar-refractivity contribution in [1.29, 1.82) is 0 Å². The van der Waals surface area contributed by atoms with Crippen LogP contribution in [0.1, 0.15) is 5.69 Å². The normalized spacial score (nSPS) is 11.8. The van der Waals surface area contributed by atoms with Crippen molar-refractivity contribution in [3.05, 3.63) is 48.3 Å². The average molecular weight is 300 g/mol. The maximum atomic E-state index is 12.4. The molecule has 108 valence electrons. The second kappa shape index (κ2) is 5.62. The van der Waals surface area contributed by atoms with Gasteiger partial charge < -0.3 is 9.88 Å². The van der Waals surface area contributed by atoms with Crippen molar-refractivity contribution < 1.29 is 17.2 Å². The first kappa shape index (κ1) is 14.5. The van der Waals surface area contributed by atoms with Gasteiger partial charge in [-0.05, 0) is 36.4 Å². The second-order valence-corrected chi connectivity index (χ2v) is 6.21. The number of hydrogen-bond donors (Lipinski definition) is 1. The number of aromatic nitrogens is 1. The fraction of sp³-hybridized carbons (Fsp3) is 0.231. The Labute approximate surface area is 116 Å². The number of nitrogens with zero attached hydrogens (tertiary/aromatic N) is 1. The van der Waals surface area contributed by atoms with E-state index in [2.05, 4.69) is 5.32 Å². The molecule has 0 aliphatic heterocycles. The summed E-state index contributed by atoms with van der Waals surface area (Å²) >= 11 is 0. The van der Waals surface area contributed by atoms with Gasteiger partial charge in [0.15, 0.2) is 0 Å². The van der Waals surface area contributed by atoms with Crippen LogP contribution in [0.25, 0.3) is 0 Å². The van der Waals surface area contributed by atoms with Crippen LogP contribution in [0.3, 0.4) is 0 Å². The van der Waals surface area contributed by atoms with Crippen LogP contribution < -0.4 is 5.32 Å². The minimum Gasteiger partial charge on any atom is -0.379 e. The minimum absolute atomic E-state index is 0.378. The van der Waals surface area contributed by atoms with Crippen LogP contribution in [0.15, 0.2) is 47.5 Å². The molecule has 0 spiro atoms. The second-order valence-electron chi connectivity index (χ2n) is 4.29. The van der Waals surface area contributed by atoms with Crippen LogP contribution in [0.4, 0.5) is 14.5 Å². The Bertz CT molecular complexity index is 679. The summed E-state index contributed by atoms with van der Waals surface area (Å²) in [6.45, 7) is 0.560. The predicted octanol–water partition coefficient (Wildman–Crippen LogP) is 2.63. The monoisotopic (exact) mass is 300 g/mol. The molecule has 0 saturated heterocycles. The fourth-order valence-corrected chi connectivity index (χ4v) is 2.46. The highest BCUT2D eigenvalue weighted by Gasteiger charge is 2.26. The molecule has 7 heteroatoms. The Morgan fingerprint density at radius 1 is 1.20 bits per heavy atom. The number of sulfone groups is 1. The lowest BCUT2D eigenvalue weighted by atomic mass is 10.3. The van der Waals surface area contributed by atoms with Crippen LogP contribution in [-0.2, 0) is 23.4 Å². The molecular weight excluding hydrogens is 286 g/mol. The van der Waals surface area contributed by atoms with Crippen molar-refractivity contribution in [2.75, 3.05) is 5.32 Å². The average Bonchev–Trinajstić information content (AvgIpc) is 2.82. The van der Waals surface area contributed by atoms with Gasteiger partial charge in [-0.2, -0.15) is 8.78 Å². The van der Waals surface area contributed by atoms with E-state index in [1.54, 1.807) is 0 Å². The Kier molecular flexibility index (Phi) is 4.08. The van der Waals surface area contributed by atoms with Crippen LogP contribution >= 0.6 is 0 Å². The van der Waals surface area contributed by atoms with Gasteiger partial charge in [0.25, 0.3) is 0 Å². The van der Waals surface area contributed by atoms with E-state index in [1.807, 2.05) is 29.9 Å². The lowest BCUT2D eigenvalue weighted by Crippen LogP contribution is -2.11. The van der Waals surface area contributed by atoms with Crippen LogP contribution in [0.5, 0.6) is 0 Å². The van der Waals surface area contributed by atoms with Gasteiger partial charge in [-0.1, -0.05) is 0 Å². The third kappa shape index (κ3) is 2.98. The van der Waals surface area contributed by atoms with E-state index >= 15 is 0 Å². The van der Waals surface area contributed by atoms with E-state index < -0.39 is 15.6 Å². The molecule has 0 fully saturated rings. The zero-order valence-corrected chi connectivity index (χ0v) is 11.6. The Balaban J connectivity index is 2.08. The third-order valence-corrected chi connectivity index (χ3v) is 4.34. The number of nitrogens with one attached hydrogen (secondary N) is 1. The van der Waals surface area contributed by atoms with Gasteiger partial charge in [-0.15, -0.1) is 0 Å². The number of aryl methyl sites for hydroxylation is 1. The van der Waals surface area contributed by atoms with E-state index in [0.29, 0.717) is 12.2 Å². The molecule has 0 bridgehead atoms. The Morgan fingerprint density at radius 3 is 2.35 bits per heavy atom. The summed E-state index contributed by atoms with van der Waals surface area (Å²) in [5.74, 6) is -3.40. The van der Waals surface area contributed by atoms with E-state index in [9.17, 15) is 17.2 Å². The first-order valence-corrected chi connectivity index (χ1v) is 7.42. The van der Waals surface area contributed by atoms with Gasteiger partial charge in [-0.25, -0.2) is 8.42 Å². The van der Waals surface area contributed by atoms with Gasteiger partial charge in [-0.3, -0.25) is 0 Å². The predicted molar refractivity (Wildman–Crippen MR) is 72.4 cm³/mol. The highest BCUT2D eigenvalue weighted by Crippen LogP contribution is 2.20. The number of alkyl halides is 2. The van der Waals surface area contributed by atoms with Crippen LogP contribution in [0, 0.1) is 0 Å². The first-order valence-electron chi connectivity index (χ1n) is 5.87. The molecule has 4 nitrogen and oxygen atoms in total.